The Morgan fingerprint density at radius 2 is 2.05 bits per heavy atom. The van der Waals surface area contributed by atoms with E-state index in [0.29, 0.717) is 17.1 Å². The zero-order valence-corrected chi connectivity index (χ0v) is 12.6. The van der Waals surface area contributed by atoms with E-state index in [9.17, 15) is 9.59 Å². The van der Waals surface area contributed by atoms with Crippen LogP contribution in [0.5, 0.6) is 0 Å². The summed E-state index contributed by atoms with van der Waals surface area (Å²) in [4.78, 5) is 26.5. The molecule has 5 heteroatoms. The molecule has 1 aliphatic heterocycles. The average molecular weight is 295 g/mol. The first-order chi connectivity index (χ1) is 9.45. The van der Waals surface area contributed by atoms with Crippen LogP contribution in [-0.4, -0.2) is 23.9 Å². The molecule has 0 bridgehead atoms. The predicted octanol–water partition coefficient (Wildman–Crippen LogP) is 2.61. The van der Waals surface area contributed by atoms with Crippen molar-refractivity contribution in [3.8, 4) is 0 Å². The zero-order valence-electron chi connectivity index (χ0n) is 11.9. The van der Waals surface area contributed by atoms with E-state index in [1.807, 2.05) is 26.8 Å². The van der Waals surface area contributed by atoms with E-state index < -0.39 is 12.1 Å². The van der Waals surface area contributed by atoms with Gasteiger partial charge in [-0.25, -0.2) is 0 Å². The van der Waals surface area contributed by atoms with Crippen LogP contribution >= 0.6 is 11.6 Å². The molecule has 2 amide bonds. The molecule has 1 fully saturated rings. The molecule has 1 aliphatic rings. The van der Waals surface area contributed by atoms with Crippen molar-refractivity contribution < 1.29 is 9.59 Å². The van der Waals surface area contributed by atoms with Gasteiger partial charge in [0.25, 0.3) is 5.91 Å². The van der Waals surface area contributed by atoms with Crippen LogP contribution in [0.2, 0.25) is 5.02 Å². The molecule has 1 saturated heterocycles. The molecule has 108 valence electrons. The van der Waals surface area contributed by atoms with Crippen LogP contribution in [0.4, 0.5) is 5.69 Å². The Hall–Kier alpha value is -1.55. The number of nitrogens with one attached hydrogen (secondary N) is 1. The molecule has 1 N–H and O–H groups in total. The molecule has 0 radical (unpaired) electrons. The van der Waals surface area contributed by atoms with Gasteiger partial charge in [0.15, 0.2) is 0 Å². The molecule has 4 nitrogen and oxygen atoms in total. The number of anilines is 1. The Balaban J connectivity index is 2.44. The number of halogens is 1. The highest BCUT2D eigenvalue weighted by Crippen LogP contribution is 2.27. The second-order valence-corrected chi connectivity index (χ2v) is 5.78. The van der Waals surface area contributed by atoms with Crippen LogP contribution in [0.15, 0.2) is 24.3 Å². The van der Waals surface area contributed by atoms with Crippen LogP contribution in [0, 0.1) is 5.92 Å². The van der Waals surface area contributed by atoms with Gasteiger partial charge >= 0.3 is 0 Å². The van der Waals surface area contributed by atoms with E-state index in [1.54, 1.807) is 23.1 Å². The van der Waals surface area contributed by atoms with Crippen LogP contribution in [0.25, 0.3) is 0 Å². The van der Waals surface area contributed by atoms with Gasteiger partial charge in [0, 0.05) is 10.7 Å². The molecule has 0 aromatic heterocycles. The normalized spacial score (nSPS) is 23.1. The number of hydrogen-bond acceptors (Lipinski definition) is 2. The fourth-order valence-electron chi connectivity index (χ4n) is 2.48. The van der Waals surface area contributed by atoms with Crippen molar-refractivity contribution in [2.75, 3.05) is 4.90 Å². The Morgan fingerprint density at radius 1 is 1.35 bits per heavy atom. The van der Waals surface area contributed by atoms with E-state index in [1.165, 1.54) is 0 Å². The molecule has 2 unspecified atom stereocenters. The lowest BCUT2D eigenvalue weighted by atomic mass is 9.96. The molecular formula is C15H19ClN2O2. The molecule has 1 heterocycles. The quantitative estimate of drug-likeness (QED) is 0.931. The van der Waals surface area contributed by atoms with Gasteiger partial charge in [-0.15, -0.1) is 0 Å². The third kappa shape index (κ3) is 2.66. The van der Waals surface area contributed by atoms with Gasteiger partial charge in [0.1, 0.15) is 12.1 Å². The molecular weight excluding hydrogens is 276 g/mol. The Kier molecular flexibility index (Phi) is 4.33. The minimum atomic E-state index is -0.482. The zero-order chi connectivity index (χ0) is 14.9. The topological polar surface area (TPSA) is 49.4 Å². The highest BCUT2D eigenvalue weighted by Gasteiger charge is 2.41. The second kappa shape index (κ2) is 5.83. The van der Waals surface area contributed by atoms with Crippen molar-refractivity contribution in [3.05, 3.63) is 29.3 Å². The number of benzene rings is 1. The number of nitrogens with zero attached hydrogens (tertiary/aromatic N) is 1. The van der Waals surface area contributed by atoms with Crippen LogP contribution < -0.4 is 10.2 Å². The molecule has 0 aliphatic carbocycles. The van der Waals surface area contributed by atoms with Gasteiger partial charge in [0.05, 0.1) is 0 Å². The summed E-state index contributed by atoms with van der Waals surface area (Å²) < 4.78 is 0. The lowest BCUT2D eigenvalue weighted by Crippen LogP contribution is -2.64. The maximum absolute atomic E-state index is 12.7. The van der Waals surface area contributed by atoms with Gasteiger partial charge in [-0.1, -0.05) is 38.4 Å². The smallest absolute Gasteiger partial charge is 0.250 e. The van der Waals surface area contributed by atoms with Crippen LogP contribution in [0.3, 0.4) is 0 Å². The number of amides is 2. The maximum atomic E-state index is 12.7. The van der Waals surface area contributed by atoms with Crippen molar-refractivity contribution in [2.45, 2.75) is 39.3 Å². The summed E-state index contributed by atoms with van der Waals surface area (Å²) in [7, 11) is 0. The first-order valence-corrected chi connectivity index (χ1v) is 7.22. The minimum Gasteiger partial charge on any atom is -0.342 e. The van der Waals surface area contributed by atoms with E-state index in [2.05, 4.69) is 5.32 Å². The third-order valence-corrected chi connectivity index (χ3v) is 3.79. The molecule has 20 heavy (non-hydrogen) atoms. The summed E-state index contributed by atoms with van der Waals surface area (Å²) in [5.41, 5.74) is 0.676. The largest absolute Gasteiger partial charge is 0.342 e. The Labute approximate surface area is 124 Å². The van der Waals surface area contributed by atoms with Crippen molar-refractivity contribution in [1.29, 1.82) is 0 Å². The van der Waals surface area contributed by atoms with E-state index in [4.69, 9.17) is 11.6 Å². The first-order valence-electron chi connectivity index (χ1n) is 6.84. The minimum absolute atomic E-state index is 0.0472. The summed E-state index contributed by atoms with van der Waals surface area (Å²) in [6.07, 6.45) is 0.564. The average Bonchev–Trinajstić information content (AvgIpc) is 2.40. The maximum Gasteiger partial charge on any atom is 0.250 e. The lowest BCUT2D eigenvalue weighted by Gasteiger charge is -2.40. The number of rotatable bonds is 3. The fourth-order valence-corrected chi connectivity index (χ4v) is 2.67. The highest BCUT2D eigenvalue weighted by atomic mass is 35.5. The highest BCUT2D eigenvalue weighted by molar-refractivity contribution is 6.31. The molecule has 1 aromatic rings. The summed E-state index contributed by atoms with van der Waals surface area (Å²) in [5, 5.41) is 3.37. The molecule has 2 rings (SSSR count). The molecule has 1 aromatic carbocycles. The fraction of sp³-hybridized carbons (Fsp3) is 0.467. The predicted molar refractivity (Wildman–Crippen MR) is 79.8 cm³/mol. The van der Waals surface area contributed by atoms with Crippen molar-refractivity contribution in [2.24, 2.45) is 5.92 Å². The van der Waals surface area contributed by atoms with Crippen molar-refractivity contribution in [1.82, 2.24) is 5.32 Å². The number of hydrogen-bond donors (Lipinski definition) is 1. The third-order valence-electron chi connectivity index (χ3n) is 3.56. The number of carbonyl (C=O) groups is 2. The summed E-state index contributed by atoms with van der Waals surface area (Å²) in [5.74, 6) is -0.134. The Bertz CT molecular complexity index is 530. The van der Waals surface area contributed by atoms with E-state index in [-0.39, 0.29) is 17.7 Å². The molecule has 0 spiro atoms. The monoisotopic (exact) mass is 294 g/mol. The number of piperazine rings is 1. The number of carbonyl (C=O) groups excluding carboxylic acids is 2. The van der Waals surface area contributed by atoms with E-state index >= 15 is 0 Å². The van der Waals surface area contributed by atoms with Crippen molar-refractivity contribution in [3.63, 3.8) is 0 Å². The van der Waals surface area contributed by atoms with Crippen molar-refractivity contribution >= 4 is 29.1 Å². The SMILES string of the molecule is CCC1C(=O)NC(C(C)C)C(=O)N1c1cccc(Cl)c1. The van der Waals surface area contributed by atoms with E-state index in [0.717, 1.165) is 0 Å². The Morgan fingerprint density at radius 3 is 2.60 bits per heavy atom. The molecule has 2 atom stereocenters. The van der Waals surface area contributed by atoms with Gasteiger partial charge < -0.3 is 5.32 Å². The van der Waals surface area contributed by atoms with Gasteiger partial charge in [-0.05, 0) is 30.5 Å². The van der Waals surface area contributed by atoms with Gasteiger partial charge in [-0.2, -0.15) is 0 Å². The second-order valence-electron chi connectivity index (χ2n) is 5.34. The van der Waals surface area contributed by atoms with Crippen LogP contribution in [-0.2, 0) is 9.59 Å². The van der Waals surface area contributed by atoms with Crippen LogP contribution in [0.1, 0.15) is 27.2 Å². The standard InChI is InChI=1S/C15H19ClN2O2/c1-4-12-14(19)17-13(9(2)3)15(20)18(12)11-7-5-6-10(16)8-11/h5-9,12-13H,4H2,1-3H3,(H,17,19). The first kappa shape index (κ1) is 14.9. The summed E-state index contributed by atoms with van der Waals surface area (Å²) >= 11 is 6.00. The molecule has 0 saturated carbocycles. The van der Waals surface area contributed by atoms with Gasteiger partial charge in [0.2, 0.25) is 5.91 Å². The lowest BCUT2D eigenvalue weighted by molar-refractivity contribution is -0.134. The summed E-state index contributed by atoms with van der Waals surface area (Å²) in [6, 6.07) is 6.11. The summed E-state index contributed by atoms with van der Waals surface area (Å²) in [6.45, 7) is 5.74. The van der Waals surface area contributed by atoms with Gasteiger partial charge in [-0.3, -0.25) is 14.5 Å².